The van der Waals surface area contributed by atoms with Gasteiger partial charge in [-0.25, -0.2) is 9.97 Å². The second-order valence-electron chi connectivity index (χ2n) is 3.81. The Balaban J connectivity index is 1.86. The van der Waals surface area contributed by atoms with E-state index in [1.54, 1.807) is 24.8 Å². The highest BCUT2D eigenvalue weighted by Gasteiger charge is 1.99. The zero-order valence-corrected chi connectivity index (χ0v) is 10.5. The predicted octanol–water partition coefficient (Wildman–Crippen LogP) is 1.45. The van der Waals surface area contributed by atoms with Crippen molar-refractivity contribution >= 4 is 11.4 Å². The molecule has 2 heterocycles. The van der Waals surface area contributed by atoms with Crippen LogP contribution in [0, 0.1) is 0 Å². The molecule has 0 atom stereocenters. The lowest BCUT2D eigenvalue weighted by Crippen LogP contribution is -2.03. The topological polar surface area (TPSA) is 82.1 Å². The van der Waals surface area contributed by atoms with Crippen LogP contribution < -0.4 is 0 Å². The third-order valence-electron chi connectivity index (χ3n) is 2.48. The largest absolute Gasteiger partial charge is 0.344 e. The first-order valence-corrected chi connectivity index (χ1v) is 5.79. The Morgan fingerprint density at radius 2 is 1.39 bits per heavy atom. The molecule has 0 spiro atoms. The van der Waals surface area contributed by atoms with Crippen molar-refractivity contribution in [2.75, 3.05) is 13.1 Å². The lowest BCUT2D eigenvalue weighted by molar-refractivity contribution is 0.966. The highest BCUT2D eigenvalue weighted by atomic mass is 14.9. The minimum Gasteiger partial charge on any atom is -0.344 e. The summed E-state index contributed by atoms with van der Waals surface area (Å²) in [5.41, 5.74) is 1.79. The number of nitrogens with zero attached hydrogens (tertiary/aromatic N) is 4. The van der Waals surface area contributed by atoms with Crippen LogP contribution in [-0.4, -0.2) is 44.4 Å². The maximum atomic E-state index is 4.41. The maximum Gasteiger partial charge on any atom is 0.150 e. The monoisotopic (exact) mass is 244 g/mol. The first kappa shape index (κ1) is 12.2. The normalized spacial score (nSPS) is 13.0. The quantitative estimate of drug-likeness (QED) is 0.616. The molecule has 0 aliphatic rings. The molecule has 2 aromatic heterocycles. The number of imidazole rings is 2. The van der Waals surface area contributed by atoms with E-state index in [-0.39, 0.29) is 0 Å². The molecule has 2 rings (SSSR count). The Hall–Kier alpha value is -2.24. The molecule has 0 aliphatic heterocycles. The van der Waals surface area contributed by atoms with E-state index in [9.17, 15) is 0 Å². The molecule has 0 saturated carbocycles. The van der Waals surface area contributed by atoms with Crippen LogP contribution in [0.25, 0.3) is 0 Å². The van der Waals surface area contributed by atoms with E-state index in [1.807, 2.05) is 13.8 Å². The van der Waals surface area contributed by atoms with Gasteiger partial charge in [0.25, 0.3) is 0 Å². The third-order valence-corrected chi connectivity index (χ3v) is 2.48. The van der Waals surface area contributed by atoms with Gasteiger partial charge in [-0.1, -0.05) is 0 Å². The molecule has 0 bridgehead atoms. The molecule has 6 heteroatoms. The average Bonchev–Trinajstić information content (AvgIpc) is 3.05. The van der Waals surface area contributed by atoms with Crippen LogP contribution in [0.15, 0.2) is 34.8 Å². The summed E-state index contributed by atoms with van der Waals surface area (Å²) < 4.78 is 0. The molecule has 18 heavy (non-hydrogen) atoms. The van der Waals surface area contributed by atoms with Crippen LogP contribution in [0.3, 0.4) is 0 Å². The summed E-state index contributed by atoms with van der Waals surface area (Å²) in [6.07, 6.45) is 7.00. The van der Waals surface area contributed by atoms with Crippen molar-refractivity contribution in [3.8, 4) is 0 Å². The fourth-order valence-corrected chi connectivity index (χ4v) is 1.51. The van der Waals surface area contributed by atoms with Crippen LogP contribution in [-0.2, 0) is 0 Å². The maximum absolute atomic E-state index is 4.41. The molecule has 6 nitrogen and oxygen atoms in total. The number of rotatable bonds is 5. The molecule has 0 saturated heterocycles. The number of H-pyrrole nitrogens is 2. The molecule has 0 aromatic carbocycles. The van der Waals surface area contributed by atoms with Crippen molar-refractivity contribution in [3.05, 3.63) is 36.4 Å². The number of hydrogen-bond acceptors (Lipinski definition) is 4. The Bertz CT molecular complexity index is 471. The van der Waals surface area contributed by atoms with E-state index in [4.69, 9.17) is 0 Å². The smallest absolute Gasteiger partial charge is 0.150 e. The number of aromatic amines is 2. The summed E-state index contributed by atoms with van der Waals surface area (Å²) in [6.45, 7) is 5.15. The minimum absolute atomic E-state index is 0.643. The van der Waals surface area contributed by atoms with Gasteiger partial charge in [-0.15, -0.1) is 0 Å². The standard InChI is InChI=1S/C12H16N6/c1-9(11-15-5-6-16-11)13-3-4-14-10(2)12-17-7-8-18-12/h5-8H,3-4H2,1-2H3,(H,15,16)(H,17,18). The van der Waals surface area contributed by atoms with Gasteiger partial charge in [0.05, 0.1) is 24.5 Å². The molecule has 0 aliphatic carbocycles. The van der Waals surface area contributed by atoms with Crippen molar-refractivity contribution in [3.63, 3.8) is 0 Å². The van der Waals surface area contributed by atoms with Crippen LogP contribution >= 0.6 is 0 Å². The second-order valence-corrected chi connectivity index (χ2v) is 3.81. The predicted molar refractivity (Wildman–Crippen MR) is 71.3 cm³/mol. The first-order valence-electron chi connectivity index (χ1n) is 5.79. The summed E-state index contributed by atoms with van der Waals surface area (Å²) in [5, 5.41) is 0. The molecule has 2 N–H and O–H groups in total. The molecule has 0 fully saturated rings. The number of aliphatic imine (C=N–C) groups is 2. The molecule has 0 unspecified atom stereocenters. The van der Waals surface area contributed by atoms with E-state index < -0.39 is 0 Å². The fraction of sp³-hybridized carbons (Fsp3) is 0.333. The second kappa shape index (κ2) is 5.90. The van der Waals surface area contributed by atoms with Gasteiger partial charge in [0.15, 0.2) is 11.6 Å². The Kier molecular flexibility index (Phi) is 4.01. The van der Waals surface area contributed by atoms with E-state index >= 15 is 0 Å². The summed E-state index contributed by atoms with van der Waals surface area (Å²) >= 11 is 0. The summed E-state index contributed by atoms with van der Waals surface area (Å²) in [4.78, 5) is 23.1. The third kappa shape index (κ3) is 3.13. The highest BCUT2D eigenvalue weighted by molar-refractivity contribution is 5.96. The van der Waals surface area contributed by atoms with E-state index in [1.165, 1.54) is 0 Å². The number of hydrogen-bond donors (Lipinski definition) is 2. The van der Waals surface area contributed by atoms with Crippen molar-refractivity contribution in [1.82, 2.24) is 19.9 Å². The summed E-state index contributed by atoms with van der Waals surface area (Å²) in [6, 6.07) is 0. The Morgan fingerprint density at radius 1 is 0.944 bits per heavy atom. The zero-order chi connectivity index (χ0) is 12.8. The first-order chi connectivity index (χ1) is 8.77. The lowest BCUT2D eigenvalue weighted by Gasteiger charge is -1.97. The van der Waals surface area contributed by atoms with Gasteiger partial charge in [0.2, 0.25) is 0 Å². The van der Waals surface area contributed by atoms with Gasteiger partial charge >= 0.3 is 0 Å². The Morgan fingerprint density at radius 3 is 1.72 bits per heavy atom. The van der Waals surface area contributed by atoms with Gasteiger partial charge in [-0.2, -0.15) is 0 Å². The van der Waals surface area contributed by atoms with Gasteiger partial charge in [0, 0.05) is 24.8 Å². The molecule has 0 amide bonds. The fourth-order valence-electron chi connectivity index (χ4n) is 1.51. The van der Waals surface area contributed by atoms with Crippen molar-refractivity contribution in [1.29, 1.82) is 0 Å². The van der Waals surface area contributed by atoms with Crippen LogP contribution in [0.1, 0.15) is 25.5 Å². The van der Waals surface area contributed by atoms with Gasteiger partial charge in [-0.3, -0.25) is 9.98 Å². The van der Waals surface area contributed by atoms with Gasteiger partial charge in [0.1, 0.15) is 0 Å². The number of nitrogens with one attached hydrogen (secondary N) is 2. The lowest BCUT2D eigenvalue weighted by atomic mass is 10.4. The van der Waals surface area contributed by atoms with E-state index in [2.05, 4.69) is 29.9 Å². The highest BCUT2D eigenvalue weighted by Crippen LogP contribution is 1.94. The van der Waals surface area contributed by atoms with Crippen LogP contribution in [0.4, 0.5) is 0 Å². The molecule has 2 aromatic rings. The molecule has 0 radical (unpaired) electrons. The van der Waals surface area contributed by atoms with Gasteiger partial charge < -0.3 is 9.97 Å². The minimum atomic E-state index is 0.643. The molecular weight excluding hydrogens is 228 g/mol. The average molecular weight is 244 g/mol. The van der Waals surface area contributed by atoms with E-state index in [0.717, 1.165) is 23.1 Å². The SMILES string of the molecule is CC(=NCCN=C(C)c1ncc[nH]1)c1ncc[nH]1. The van der Waals surface area contributed by atoms with Crippen LogP contribution in [0.2, 0.25) is 0 Å². The van der Waals surface area contributed by atoms with Crippen LogP contribution in [0.5, 0.6) is 0 Å². The summed E-state index contributed by atoms with van der Waals surface area (Å²) in [5.74, 6) is 1.61. The molecular formula is C12H16N6. The van der Waals surface area contributed by atoms with Crippen molar-refractivity contribution < 1.29 is 0 Å². The Labute approximate surface area is 105 Å². The van der Waals surface area contributed by atoms with Crippen molar-refractivity contribution in [2.24, 2.45) is 9.98 Å². The van der Waals surface area contributed by atoms with Crippen molar-refractivity contribution in [2.45, 2.75) is 13.8 Å². The molecule has 94 valence electrons. The summed E-state index contributed by atoms with van der Waals surface area (Å²) in [7, 11) is 0. The zero-order valence-electron chi connectivity index (χ0n) is 10.5. The number of aromatic nitrogens is 4. The van der Waals surface area contributed by atoms with Gasteiger partial charge in [-0.05, 0) is 13.8 Å². The van der Waals surface area contributed by atoms with E-state index in [0.29, 0.717) is 13.1 Å².